The fraction of sp³-hybridized carbons (Fsp3) is 0.462. The van der Waals surface area contributed by atoms with Gasteiger partial charge in [-0.1, -0.05) is 18.2 Å². The summed E-state index contributed by atoms with van der Waals surface area (Å²) in [6.45, 7) is 1.54. The van der Waals surface area contributed by atoms with Gasteiger partial charge in [-0.3, -0.25) is 4.79 Å². The minimum atomic E-state index is -4.50. The van der Waals surface area contributed by atoms with Crippen molar-refractivity contribution in [2.24, 2.45) is 0 Å². The van der Waals surface area contributed by atoms with Crippen LogP contribution in [-0.2, 0) is 6.18 Å². The van der Waals surface area contributed by atoms with Crippen molar-refractivity contribution in [3.63, 3.8) is 0 Å². The van der Waals surface area contributed by atoms with Gasteiger partial charge in [-0.05, 0) is 19.0 Å². The van der Waals surface area contributed by atoms with Crippen molar-refractivity contribution in [2.45, 2.75) is 18.6 Å². The first kappa shape index (κ1) is 14.0. The van der Waals surface area contributed by atoms with Crippen LogP contribution in [0.15, 0.2) is 24.3 Å². The van der Waals surface area contributed by atoms with Crippen molar-refractivity contribution < 1.29 is 18.0 Å². The highest BCUT2D eigenvalue weighted by molar-refractivity contribution is 5.99. The highest BCUT2D eigenvalue weighted by atomic mass is 19.4. The molecule has 1 unspecified atom stereocenters. The lowest BCUT2D eigenvalue weighted by molar-refractivity contribution is -0.137. The van der Waals surface area contributed by atoms with E-state index in [-0.39, 0.29) is 18.2 Å². The molecular weight excluding hydrogens is 257 g/mol. The van der Waals surface area contributed by atoms with E-state index in [0.717, 1.165) is 25.6 Å². The molecule has 1 aromatic rings. The van der Waals surface area contributed by atoms with Gasteiger partial charge in [0, 0.05) is 18.2 Å². The first-order valence-electron chi connectivity index (χ1n) is 6.12. The number of halogens is 3. The molecule has 0 spiro atoms. The summed E-state index contributed by atoms with van der Waals surface area (Å²) < 4.78 is 38.3. The zero-order valence-corrected chi connectivity index (χ0v) is 10.3. The summed E-state index contributed by atoms with van der Waals surface area (Å²) in [5.41, 5.74) is -1.14. The summed E-state index contributed by atoms with van der Waals surface area (Å²) in [6, 6.07) is 5.04. The molecule has 0 amide bonds. The van der Waals surface area contributed by atoms with Gasteiger partial charge in [0.25, 0.3) is 0 Å². The maximum absolute atomic E-state index is 12.8. The van der Waals surface area contributed by atoms with E-state index >= 15 is 0 Å². The molecule has 1 saturated heterocycles. The number of carbonyl (C=O) groups excluding carboxylic acids is 1. The van der Waals surface area contributed by atoms with Crippen molar-refractivity contribution in [1.29, 1.82) is 0 Å². The Morgan fingerprint density at radius 1 is 1.37 bits per heavy atom. The SMILES string of the molecule is O=C(CNC1CCNC1)c1ccccc1C(F)(F)F. The van der Waals surface area contributed by atoms with Crippen molar-refractivity contribution in [1.82, 2.24) is 10.6 Å². The Bertz CT molecular complexity index is 453. The third-order valence-corrected chi connectivity index (χ3v) is 3.14. The van der Waals surface area contributed by atoms with E-state index < -0.39 is 17.5 Å². The summed E-state index contributed by atoms with van der Waals surface area (Å²) in [6.07, 6.45) is -3.62. The predicted molar refractivity (Wildman–Crippen MR) is 65.1 cm³/mol. The number of hydrogen-bond donors (Lipinski definition) is 2. The minimum absolute atomic E-state index is 0.0700. The van der Waals surface area contributed by atoms with Crippen LogP contribution < -0.4 is 10.6 Å². The molecule has 1 fully saturated rings. The summed E-state index contributed by atoms with van der Waals surface area (Å²) in [7, 11) is 0. The molecule has 1 atom stereocenters. The van der Waals surface area contributed by atoms with Crippen LogP contribution in [0.25, 0.3) is 0 Å². The van der Waals surface area contributed by atoms with Gasteiger partial charge in [-0.2, -0.15) is 13.2 Å². The quantitative estimate of drug-likeness (QED) is 0.822. The molecule has 0 radical (unpaired) electrons. The third kappa shape index (κ3) is 3.54. The Hall–Kier alpha value is -1.40. The maximum Gasteiger partial charge on any atom is 0.417 e. The lowest BCUT2D eigenvalue weighted by Crippen LogP contribution is -2.35. The van der Waals surface area contributed by atoms with Crippen LogP contribution in [0.1, 0.15) is 22.3 Å². The van der Waals surface area contributed by atoms with Crippen LogP contribution in [0.3, 0.4) is 0 Å². The Kier molecular flexibility index (Phi) is 4.21. The van der Waals surface area contributed by atoms with E-state index in [1.54, 1.807) is 0 Å². The molecule has 3 nitrogen and oxygen atoms in total. The van der Waals surface area contributed by atoms with Crippen LogP contribution in [0.2, 0.25) is 0 Å². The van der Waals surface area contributed by atoms with E-state index in [1.165, 1.54) is 18.2 Å². The second-order valence-corrected chi connectivity index (χ2v) is 4.54. The Morgan fingerprint density at radius 3 is 2.74 bits per heavy atom. The molecule has 1 heterocycles. The topological polar surface area (TPSA) is 41.1 Å². The molecule has 19 heavy (non-hydrogen) atoms. The fourth-order valence-electron chi connectivity index (χ4n) is 2.13. The molecule has 0 bridgehead atoms. The second-order valence-electron chi connectivity index (χ2n) is 4.54. The second kappa shape index (κ2) is 5.71. The van der Waals surface area contributed by atoms with Crippen molar-refractivity contribution in [2.75, 3.05) is 19.6 Å². The highest BCUT2D eigenvalue weighted by Gasteiger charge is 2.34. The van der Waals surface area contributed by atoms with Gasteiger partial charge in [0.1, 0.15) is 0 Å². The predicted octanol–water partition coefficient (Wildman–Crippen LogP) is 1.84. The van der Waals surface area contributed by atoms with Gasteiger partial charge in [-0.15, -0.1) is 0 Å². The molecule has 0 saturated carbocycles. The summed E-state index contributed by atoms with van der Waals surface area (Å²) in [4.78, 5) is 11.9. The largest absolute Gasteiger partial charge is 0.417 e. The van der Waals surface area contributed by atoms with Gasteiger partial charge in [-0.25, -0.2) is 0 Å². The van der Waals surface area contributed by atoms with Crippen LogP contribution in [-0.4, -0.2) is 31.5 Å². The molecule has 0 aromatic heterocycles. The monoisotopic (exact) mass is 272 g/mol. The van der Waals surface area contributed by atoms with E-state index in [1.807, 2.05) is 0 Å². The number of alkyl halides is 3. The Balaban J connectivity index is 2.06. The van der Waals surface area contributed by atoms with Crippen LogP contribution in [0, 0.1) is 0 Å². The molecule has 0 aliphatic carbocycles. The molecular formula is C13H15F3N2O. The third-order valence-electron chi connectivity index (χ3n) is 3.14. The van der Waals surface area contributed by atoms with E-state index in [9.17, 15) is 18.0 Å². The summed E-state index contributed by atoms with van der Waals surface area (Å²) >= 11 is 0. The zero-order valence-electron chi connectivity index (χ0n) is 10.3. The smallest absolute Gasteiger partial charge is 0.315 e. The molecule has 6 heteroatoms. The molecule has 1 aliphatic heterocycles. The van der Waals surface area contributed by atoms with Crippen LogP contribution in [0.5, 0.6) is 0 Å². The number of nitrogens with one attached hydrogen (secondary N) is 2. The average Bonchev–Trinajstić information content (AvgIpc) is 2.88. The lowest BCUT2D eigenvalue weighted by Gasteiger charge is -2.14. The number of Topliss-reactive ketones (excluding diaryl/α,β-unsaturated/α-hetero) is 1. The normalized spacial score (nSPS) is 19.6. The number of ketones is 1. The minimum Gasteiger partial charge on any atom is -0.315 e. The van der Waals surface area contributed by atoms with E-state index in [2.05, 4.69) is 10.6 Å². The standard InChI is InChI=1S/C13H15F3N2O/c14-13(15,16)11-4-2-1-3-10(11)12(19)8-18-9-5-6-17-7-9/h1-4,9,17-18H,5-8H2. The molecule has 1 aliphatic rings. The van der Waals surface area contributed by atoms with Gasteiger partial charge >= 0.3 is 6.18 Å². The van der Waals surface area contributed by atoms with E-state index in [0.29, 0.717) is 0 Å². The average molecular weight is 272 g/mol. The number of benzene rings is 1. The summed E-state index contributed by atoms with van der Waals surface area (Å²) in [5, 5.41) is 6.10. The van der Waals surface area contributed by atoms with Gasteiger partial charge in [0.15, 0.2) is 5.78 Å². The number of carbonyl (C=O) groups is 1. The fourth-order valence-corrected chi connectivity index (χ4v) is 2.13. The summed E-state index contributed by atoms with van der Waals surface area (Å²) in [5.74, 6) is -0.528. The lowest BCUT2D eigenvalue weighted by atomic mass is 10.0. The van der Waals surface area contributed by atoms with Crippen molar-refractivity contribution >= 4 is 5.78 Å². The molecule has 2 rings (SSSR count). The van der Waals surface area contributed by atoms with Crippen molar-refractivity contribution in [3.8, 4) is 0 Å². The maximum atomic E-state index is 12.8. The Labute approximate surface area is 109 Å². The molecule has 2 N–H and O–H groups in total. The first-order valence-corrected chi connectivity index (χ1v) is 6.12. The van der Waals surface area contributed by atoms with Gasteiger partial charge < -0.3 is 10.6 Å². The zero-order chi connectivity index (χ0) is 13.9. The van der Waals surface area contributed by atoms with Crippen LogP contribution in [0.4, 0.5) is 13.2 Å². The Morgan fingerprint density at radius 2 is 2.11 bits per heavy atom. The first-order chi connectivity index (χ1) is 8.98. The van der Waals surface area contributed by atoms with Gasteiger partial charge in [0.05, 0.1) is 12.1 Å². The van der Waals surface area contributed by atoms with Crippen LogP contribution >= 0.6 is 0 Å². The molecule has 1 aromatic carbocycles. The highest BCUT2D eigenvalue weighted by Crippen LogP contribution is 2.31. The number of hydrogen-bond acceptors (Lipinski definition) is 3. The van der Waals surface area contributed by atoms with Crippen molar-refractivity contribution in [3.05, 3.63) is 35.4 Å². The van der Waals surface area contributed by atoms with E-state index in [4.69, 9.17) is 0 Å². The van der Waals surface area contributed by atoms with Gasteiger partial charge in [0.2, 0.25) is 0 Å². The molecule has 104 valence electrons. The number of rotatable bonds is 4.